The summed E-state index contributed by atoms with van der Waals surface area (Å²) in [6, 6.07) is 0.0972. The third-order valence-corrected chi connectivity index (χ3v) is 1.67. The summed E-state index contributed by atoms with van der Waals surface area (Å²) in [6.07, 6.45) is -0.407. The van der Waals surface area contributed by atoms with Gasteiger partial charge in [0.05, 0.1) is 12.6 Å². The van der Waals surface area contributed by atoms with Crippen molar-refractivity contribution in [2.24, 2.45) is 16.5 Å². The van der Waals surface area contributed by atoms with E-state index in [2.05, 4.69) is 4.99 Å². The van der Waals surface area contributed by atoms with Gasteiger partial charge >= 0.3 is 0 Å². The molecule has 0 unspecified atom stereocenters. The predicted molar refractivity (Wildman–Crippen MR) is 48.7 cm³/mol. The van der Waals surface area contributed by atoms with Gasteiger partial charge in [-0.2, -0.15) is 4.99 Å². The minimum atomic E-state index is -0.255. The highest BCUT2D eigenvalue weighted by Crippen LogP contribution is 2.21. The van der Waals surface area contributed by atoms with Gasteiger partial charge in [-0.05, 0) is 0 Å². The highest BCUT2D eigenvalue weighted by molar-refractivity contribution is 5.85. The molecule has 0 bridgehead atoms. The first-order valence-corrected chi connectivity index (χ1v) is 3.14. The molecule has 0 aromatic heterocycles. The molecule has 2 aliphatic heterocycles. The first-order chi connectivity index (χ1) is 4.77. The van der Waals surface area contributed by atoms with Crippen molar-refractivity contribution < 1.29 is 9.47 Å². The van der Waals surface area contributed by atoms with Crippen molar-refractivity contribution in [2.45, 2.75) is 18.4 Å². The molecule has 72 valence electrons. The number of fused-ring (bicyclic) bond motifs is 1. The van der Waals surface area contributed by atoms with Gasteiger partial charge in [0, 0.05) is 0 Å². The van der Waals surface area contributed by atoms with E-state index in [1.54, 1.807) is 0 Å². The SMILES string of the molecule is Cl.Cl.NC1=N[C@H]2OC[C@H](N)[C@H]2O1. The Morgan fingerprint density at radius 3 is 2.67 bits per heavy atom. The van der Waals surface area contributed by atoms with Gasteiger partial charge in [-0.3, -0.25) is 0 Å². The molecule has 1 fully saturated rings. The molecule has 0 spiro atoms. The molecule has 0 aromatic rings. The summed E-state index contributed by atoms with van der Waals surface area (Å²) in [6.45, 7) is 0.506. The summed E-state index contributed by atoms with van der Waals surface area (Å²) >= 11 is 0. The average Bonchev–Trinajstić information content (AvgIpc) is 2.35. The molecule has 3 atom stereocenters. The summed E-state index contributed by atoms with van der Waals surface area (Å²) in [4.78, 5) is 3.87. The van der Waals surface area contributed by atoms with Gasteiger partial charge in [-0.15, -0.1) is 24.8 Å². The van der Waals surface area contributed by atoms with Crippen LogP contribution >= 0.6 is 24.8 Å². The number of nitrogens with zero attached hydrogens (tertiary/aromatic N) is 1. The molecular weight excluding hydrogens is 205 g/mol. The maximum atomic E-state index is 5.60. The van der Waals surface area contributed by atoms with Crippen molar-refractivity contribution in [3.63, 3.8) is 0 Å². The van der Waals surface area contributed by atoms with Crippen molar-refractivity contribution >= 4 is 30.8 Å². The molecule has 1 saturated heterocycles. The van der Waals surface area contributed by atoms with Crippen molar-refractivity contribution in [1.29, 1.82) is 0 Å². The number of halogens is 2. The summed E-state index contributed by atoms with van der Waals surface area (Å²) in [5.41, 5.74) is 10.9. The molecule has 7 heteroatoms. The minimum absolute atomic E-state index is 0. The Kier molecular flexibility index (Phi) is 4.05. The molecule has 0 aliphatic carbocycles. The molecule has 2 aliphatic rings. The number of rotatable bonds is 0. The molecule has 4 N–H and O–H groups in total. The number of amidine groups is 1. The van der Waals surface area contributed by atoms with Crippen LogP contribution in [0.4, 0.5) is 0 Å². The zero-order chi connectivity index (χ0) is 7.14. The number of aliphatic imine (C=N–C) groups is 1. The van der Waals surface area contributed by atoms with Gasteiger partial charge in [0.1, 0.15) is 0 Å². The molecular formula is C5H11Cl2N3O2. The number of hydrogen-bond acceptors (Lipinski definition) is 5. The zero-order valence-corrected chi connectivity index (χ0v) is 7.81. The summed E-state index contributed by atoms with van der Waals surface area (Å²) < 4.78 is 10.2. The van der Waals surface area contributed by atoms with Gasteiger partial charge in [-0.25, -0.2) is 0 Å². The first-order valence-electron chi connectivity index (χ1n) is 3.14. The van der Waals surface area contributed by atoms with Gasteiger partial charge in [0.25, 0.3) is 6.02 Å². The second kappa shape index (κ2) is 4.13. The molecule has 2 heterocycles. The van der Waals surface area contributed by atoms with Crippen LogP contribution in [0.3, 0.4) is 0 Å². The van der Waals surface area contributed by atoms with Crippen LogP contribution in [0.1, 0.15) is 0 Å². The van der Waals surface area contributed by atoms with Crippen molar-refractivity contribution in [3.8, 4) is 0 Å². The number of hydrogen-bond donors (Lipinski definition) is 2. The number of nitrogens with two attached hydrogens (primary N) is 2. The molecule has 5 nitrogen and oxygen atoms in total. The lowest BCUT2D eigenvalue weighted by atomic mass is 10.2. The van der Waals surface area contributed by atoms with E-state index >= 15 is 0 Å². The maximum Gasteiger partial charge on any atom is 0.285 e. The first kappa shape index (κ1) is 11.8. The van der Waals surface area contributed by atoms with Crippen LogP contribution in [0.15, 0.2) is 4.99 Å². The van der Waals surface area contributed by atoms with E-state index in [0.717, 1.165) is 0 Å². The van der Waals surface area contributed by atoms with Crippen LogP contribution in [0, 0.1) is 0 Å². The smallest absolute Gasteiger partial charge is 0.285 e. The molecule has 0 saturated carbocycles. The van der Waals surface area contributed by atoms with Gasteiger partial charge in [0.2, 0.25) is 0 Å². The minimum Gasteiger partial charge on any atom is -0.455 e. The van der Waals surface area contributed by atoms with Crippen molar-refractivity contribution in [2.75, 3.05) is 6.61 Å². The van der Waals surface area contributed by atoms with E-state index in [4.69, 9.17) is 20.9 Å². The molecule has 2 rings (SSSR count). The standard InChI is InChI=1S/C5H9N3O2.2ClH/c6-2-1-9-4-3(2)10-5(7)8-4;;/h2-4H,1,6H2,(H2,7,8);2*1H/t2-,3+,4-;;/m0../s1. The lowest BCUT2D eigenvalue weighted by molar-refractivity contribution is 0.0797. The Balaban J connectivity index is 0.000000605. The highest BCUT2D eigenvalue weighted by Gasteiger charge is 2.41. The molecule has 12 heavy (non-hydrogen) atoms. The second-order valence-corrected chi connectivity index (χ2v) is 2.44. The van der Waals surface area contributed by atoms with E-state index in [1.165, 1.54) is 0 Å². The van der Waals surface area contributed by atoms with Gasteiger partial charge in [0.15, 0.2) is 12.3 Å². The van der Waals surface area contributed by atoms with Crippen LogP contribution in [0.25, 0.3) is 0 Å². The normalized spacial score (nSPS) is 37.1. The van der Waals surface area contributed by atoms with Crippen LogP contribution in [-0.4, -0.2) is 31.0 Å². The second-order valence-electron chi connectivity index (χ2n) is 2.44. The molecule has 0 aromatic carbocycles. The summed E-state index contributed by atoms with van der Waals surface area (Å²) in [5.74, 6) is 0. The van der Waals surface area contributed by atoms with Crippen LogP contribution < -0.4 is 11.5 Å². The van der Waals surface area contributed by atoms with E-state index < -0.39 is 0 Å². The van der Waals surface area contributed by atoms with Crippen molar-refractivity contribution in [3.05, 3.63) is 0 Å². The average molecular weight is 216 g/mol. The fourth-order valence-corrected chi connectivity index (χ4v) is 1.16. The maximum absolute atomic E-state index is 5.60. The lowest BCUT2D eigenvalue weighted by Gasteiger charge is -2.09. The largest absolute Gasteiger partial charge is 0.455 e. The Bertz CT molecular complexity index is 190. The van der Waals surface area contributed by atoms with E-state index in [0.29, 0.717) is 6.61 Å². The van der Waals surface area contributed by atoms with Crippen LogP contribution in [-0.2, 0) is 9.47 Å². The predicted octanol–water partition coefficient (Wildman–Crippen LogP) is -0.773. The molecule has 0 radical (unpaired) electrons. The van der Waals surface area contributed by atoms with Crippen molar-refractivity contribution in [1.82, 2.24) is 0 Å². The number of ether oxygens (including phenoxy) is 2. The Hall–Kier alpha value is -0.230. The fourth-order valence-electron chi connectivity index (χ4n) is 1.16. The highest BCUT2D eigenvalue weighted by atomic mass is 35.5. The Labute approximate surface area is 82.3 Å². The third kappa shape index (κ3) is 1.74. The third-order valence-electron chi connectivity index (χ3n) is 1.67. The lowest BCUT2D eigenvalue weighted by Crippen LogP contribution is -2.37. The van der Waals surface area contributed by atoms with E-state index in [1.807, 2.05) is 0 Å². The summed E-state index contributed by atoms with van der Waals surface area (Å²) in [5, 5.41) is 0. The molecule has 0 amide bonds. The fraction of sp³-hybridized carbons (Fsp3) is 0.800. The van der Waals surface area contributed by atoms with Crippen LogP contribution in [0.5, 0.6) is 0 Å². The zero-order valence-electron chi connectivity index (χ0n) is 6.17. The monoisotopic (exact) mass is 215 g/mol. The van der Waals surface area contributed by atoms with Gasteiger partial charge in [-0.1, -0.05) is 0 Å². The Morgan fingerprint density at radius 2 is 2.08 bits per heavy atom. The van der Waals surface area contributed by atoms with E-state index in [9.17, 15) is 0 Å². The quantitative estimate of drug-likeness (QED) is 0.556. The summed E-state index contributed by atoms with van der Waals surface area (Å²) in [7, 11) is 0. The van der Waals surface area contributed by atoms with E-state index in [-0.39, 0.29) is 49.2 Å². The topological polar surface area (TPSA) is 82.9 Å². The van der Waals surface area contributed by atoms with Crippen LogP contribution in [0.2, 0.25) is 0 Å². The van der Waals surface area contributed by atoms with Gasteiger partial charge < -0.3 is 20.9 Å². The Morgan fingerprint density at radius 1 is 1.42 bits per heavy atom.